The van der Waals surface area contributed by atoms with E-state index in [4.69, 9.17) is 5.11 Å². The Morgan fingerprint density at radius 2 is 1.74 bits per heavy atom. The number of hydrogen-bond acceptors (Lipinski definition) is 3. The Balaban J connectivity index is 1.42. The molecule has 0 saturated heterocycles. The van der Waals surface area contributed by atoms with Crippen molar-refractivity contribution in [2.75, 3.05) is 11.9 Å². The predicted octanol–water partition coefficient (Wildman–Crippen LogP) is 6.62. The standard InChI is InChI=1S/C23H31NO2S/c25-23(26)17-14-20-12-15-21(16-13-20)24-18-8-6-4-2-1-3-5-7-10-22-11-9-19-27-22/h7,9-13,15-16,19,24H,1-6,8,14,17-18H2,(H,25,26). The number of rotatable bonds is 14. The number of carboxylic acid groups (broad SMARTS) is 1. The molecule has 0 radical (unpaired) electrons. The first-order valence-corrected chi connectivity index (χ1v) is 10.9. The summed E-state index contributed by atoms with van der Waals surface area (Å²) in [6.45, 7) is 0.998. The maximum Gasteiger partial charge on any atom is 0.303 e. The summed E-state index contributed by atoms with van der Waals surface area (Å²) >= 11 is 1.79. The van der Waals surface area contributed by atoms with Crippen LogP contribution in [0.15, 0.2) is 47.9 Å². The summed E-state index contributed by atoms with van der Waals surface area (Å²) in [5.74, 6) is -0.743. The number of hydrogen-bond donors (Lipinski definition) is 2. The number of anilines is 1. The highest BCUT2D eigenvalue weighted by Gasteiger charge is 1.99. The maximum absolute atomic E-state index is 10.6. The van der Waals surface area contributed by atoms with Crippen molar-refractivity contribution in [3.05, 3.63) is 58.3 Å². The smallest absolute Gasteiger partial charge is 0.303 e. The van der Waals surface area contributed by atoms with Gasteiger partial charge in [0.25, 0.3) is 0 Å². The monoisotopic (exact) mass is 385 g/mol. The second-order valence-corrected chi connectivity index (χ2v) is 7.82. The van der Waals surface area contributed by atoms with Gasteiger partial charge in [0, 0.05) is 23.5 Å². The van der Waals surface area contributed by atoms with E-state index in [1.807, 2.05) is 24.3 Å². The number of nitrogens with one attached hydrogen (secondary N) is 1. The van der Waals surface area contributed by atoms with E-state index < -0.39 is 5.97 Å². The summed E-state index contributed by atoms with van der Waals surface area (Å²) < 4.78 is 0. The van der Waals surface area contributed by atoms with Crippen molar-refractivity contribution in [2.45, 2.75) is 57.8 Å². The van der Waals surface area contributed by atoms with Crippen LogP contribution in [-0.4, -0.2) is 17.6 Å². The van der Waals surface area contributed by atoms with Crippen molar-refractivity contribution in [1.82, 2.24) is 0 Å². The number of carboxylic acids is 1. The number of benzene rings is 1. The molecule has 0 bridgehead atoms. The van der Waals surface area contributed by atoms with Gasteiger partial charge in [-0.05, 0) is 60.9 Å². The molecule has 0 atom stereocenters. The summed E-state index contributed by atoms with van der Waals surface area (Å²) in [4.78, 5) is 11.9. The van der Waals surface area contributed by atoms with Crippen LogP contribution in [0.4, 0.5) is 5.69 Å². The van der Waals surface area contributed by atoms with E-state index in [-0.39, 0.29) is 6.42 Å². The van der Waals surface area contributed by atoms with E-state index >= 15 is 0 Å². The van der Waals surface area contributed by atoms with Crippen LogP contribution in [0.25, 0.3) is 6.08 Å². The van der Waals surface area contributed by atoms with E-state index in [9.17, 15) is 4.79 Å². The summed E-state index contributed by atoms with van der Waals surface area (Å²) in [6.07, 6.45) is 14.2. The predicted molar refractivity (Wildman–Crippen MR) is 117 cm³/mol. The van der Waals surface area contributed by atoms with Gasteiger partial charge < -0.3 is 10.4 Å². The normalized spacial score (nSPS) is 11.1. The van der Waals surface area contributed by atoms with Gasteiger partial charge in [-0.2, -0.15) is 0 Å². The van der Waals surface area contributed by atoms with E-state index in [0.29, 0.717) is 6.42 Å². The molecule has 0 aliphatic heterocycles. The van der Waals surface area contributed by atoms with Crippen molar-refractivity contribution in [1.29, 1.82) is 0 Å². The Labute approximate surface area is 167 Å². The van der Waals surface area contributed by atoms with Crippen molar-refractivity contribution in [3.63, 3.8) is 0 Å². The first kappa shape index (κ1) is 21.2. The van der Waals surface area contributed by atoms with Crippen LogP contribution < -0.4 is 5.32 Å². The van der Waals surface area contributed by atoms with Gasteiger partial charge >= 0.3 is 5.97 Å². The summed E-state index contributed by atoms with van der Waals surface area (Å²) in [5.41, 5.74) is 2.19. The van der Waals surface area contributed by atoms with Crippen LogP contribution in [0.5, 0.6) is 0 Å². The number of unbranched alkanes of at least 4 members (excludes halogenated alkanes) is 6. The first-order chi connectivity index (χ1) is 13.2. The molecular weight excluding hydrogens is 354 g/mol. The van der Waals surface area contributed by atoms with Crippen LogP contribution in [0.2, 0.25) is 0 Å². The van der Waals surface area contributed by atoms with Crippen molar-refractivity contribution < 1.29 is 9.90 Å². The van der Waals surface area contributed by atoms with Crippen molar-refractivity contribution in [3.8, 4) is 0 Å². The molecule has 1 aromatic heterocycles. The molecule has 0 unspecified atom stereocenters. The second-order valence-electron chi connectivity index (χ2n) is 6.85. The molecule has 0 amide bonds. The van der Waals surface area contributed by atoms with E-state index in [2.05, 4.69) is 35.0 Å². The zero-order valence-corrected chi connectivity index (χ0v) is 16.8. The molecule has 3 nitrogen and oxygen atoms in total. The third-order valence-corrected chi connectivity index (χ3v) is 5.37. The Kier molecular flexibility index (Phi) is 10.3. The third kappa shape index (κ3) is 10.00. The molecule has 0 aliphatic carbocycles. The molecule has 27 heavy (non-hydrogen) atoms. The van der Waals surface area contributed by atoms with Gasteiger partial charge in [-0.25, -0.2) is 0 Å². The minimum absolute atomic E-state index is 0.192. The zero-order chi connectivity index (χ0) is 19.2. The molecule has 2 rings (SSSR count). The highest BCUT2D eigenvalue weighted by atomic mass is 32.1. The van der Waals surface area contributed by atoms with Gasteiger partial charge in [-0.15, -0.1) is 11.3 Å². The highest BCUT2D eigenvalue weighted by molar-refractivity contribution is 7.10. The Morgan fingerprint density at radius 3 is 2.44 bits per heavy atom. The number of allylic oxidation sites excluding steroid dienone is 1. The van der Waals surface area contributed by atoms with Crippen LogP contribution >= 0.6 is 11.3 Å². The molecular formula is C23H31NO2S. The summed E-state index contributed by atoms with van der Waals surface area (Å²) in [7, 11) is 0. The second kappa shape index (κ2) is 13.2. The fourth-order valence-electron chi connectivity index (χ4n) is 2.95. The fourth-order valence-corrected chi connectivity index (χ4v) is 3.60. The van der Waals surface area contributed by atoms with Crippen LogP contribution in [0, 0.1) is 0 Å². The minimum atomic E-state index is -0.743. The summed E-state index contributed by atoms with van der Waals surface area (Å²) in [6, 6.07) is 12.4. The van der Waals surface area contributed by atoms with Gasteiger partial charge in [-0.3, -0.25) is 4.79 Å². The minimum Gasteiger partial charge on any atom is -0.481 e. The lowest BCUT2D eigenvalue weighted by Crippen LogP contribution is -2.02. The average molecular weight is 386 g/mol. The van der Waals surface area contributed by atoms with E-state index in [1.54, 1.807) is 11.3 Å². The third-order valence-electron chi connectivity index (χ3n) is 4.53. The lowest BCUT2D eigenvalue weighted by atomic mass is 10.1. The molecule has 2 N–H and O–H groups in total. The van der Waals surface area contributed by atoms with Crippen LogP contribution in [-0.2, 0) is 11.2 Å². The molecule has 2 aromatic rings. The highest BCUT2D eigenvalue weighted by Crippen LogP contribution is 2.14. The van der Waals surface area contributed by atoms with Gasteiger partial charge in [0.15, 0.2) is 0 Å². The van der Waals surface area contributed by atoms with Crippen molar-refractivity contribution in [2.24, 2.45) is 0 Å². The molecule has 146 valence electrons. The molecule has 4 heteroatoms. The number of aliphatic carboxylic acids is 1. The van der Waals surface area contributed by atoms with Crippen molar-refractivity contribution >= 4 is 29.1 Å². The first-order valence-electron chi connectivity index (χ1n) is 9.99. The lowest BCUT2D eigenvalue weighted by molar-refractivity contribution is -0.136. The molecule has 0 saturated carbocycles. The van der Waals surface area contributed by atoms with Gasteiger partial charge in [0.1, 0.15) is 0 Å². The Morgan fingerprint density at radius 1 is 1.00 bits per heavy atom. The molecule has 1 aromatic carbocycles. The lowest BCUT2D eigenvalue weighted by Gasteiger charge is -2.07. The quantitative estimate of drug-likeness (QED) is 0.359. The van der Waals surface area contributed by atoms with E-state index in [1.165, 1.54) is 49.8 Å². The van der Waals surface area contributed by atoms with Gasteiger partial charge in [0.05, 0.1) is 0 Å². The Bertz CT molecular complexity index is 662. The SMILES string of the molecule is O=C(O)CCc1ccc(NCCCCCCCCC=Cc2cccs2)cc1. The molecule has 0 fully saturated rings. The molecule has 0 spiro atoms. The number of aryl methyl sites for hydroxylation is 1. The van der Waals surface area contributed by atoms with Crippen LogP contribution in [0.3, 0.4) is 0 Å². The summed E-state index contributed by atoms with van der Waals surface area (Å²) in [5, 5.41) is 14.3. The number of thiophene rings is 1. The molecule has 0 aliphatic rings. The van der Waals surface area contributed by atoms with Crippen LogP contribution in [0.1, 0.15) is 61.8 Å². The largest absolute Gasteiger partial charge is 0.481 e. The Hall–Kier alpha value is -2.07. The molecule has 1 heterocycles. The zero-order valence-electron chi connectivity index (χ0n) is 16.0. The number of carbonyl (C=O) groups is 1. The maximum atomic E-state index is 10.6. The van der Waals surface area contributed by atoms with Gasteiger partial charge in [-0.1, -0.05) is 50.0 Å². The van der Waals surface area contributed by atoms with Gasteiger partial charge in [0.2, 0.25) is 0 Å². The average Bonchev–Trinajstić information content (AvgIpc) is 3.19. The fraction of sp³-hybridized carbons (Fsp3) is 0.435. The van der Waals surface area contributed by atoms with E-state index in [0.717, 1.165) is 17.8 Å². The topological polar surface area (TPSA) is 49.3 Å².